The van der Waals surface area contributed by atoms with Crippen LogP contribution >= 0.6 is 27.3 Å². The molecule has 2 aromatic rings. The topological polar surface area (TPSA) is 66.9 Å². The number of hydrogen-bond acceptors (Lipinski definition) is 5. The van der Waals surface area contributed by atoms with Gasteiger partial charge in [-0.3, -0.25) is 9.59 Å². The summed E-state index contributed by atoms with van der Waals surface area (Å²) < 4.78 is 5.74. The van der Waals surface area contributed by atoms with Gasteiger partial charge in [-0.1, -0.05) is 24.3 Å². The van der Waals surface area contributed by atoms with E-state index in [4.69, 9.17) is 4.74 Å². The van der Waals surface area contributed by atoms with Crippen LogP contribution in [0.3, 0.4) is 0 Å². The number of halogens is 1. The molecule has 1 atom stereocenters. The second kappa shape index (κ2) is 8.22. The number of thiophene rings is 1. The van der Waals surface area contributed by atoms with Crippen molar-refractivity contribution >= 4 is 45.1 Å². The minimum absolute atomic E-state index is 0.107. The number of carbonyl (C=O) groups excluding carboxylic acids is 3. The van der Waals surface area contributed by atoms with Crippen molar-refractivity contribution in [2.45, 2.75) is 19.0 Å². The molecule has 1 aliphatic rings. The van der Waals surface area contributed by atoms with Crippen LogP contribution in [0.4, 0.5) is 0 Å². The maximum absolute atomic E-state index is 12.9. The average molecular weight is 451 g/mol. The average Bonchev–Trinajstić information content (AvgIpc) is 3.11. The first-order valence-corrected chi connectivity index (χ1v) is 9.96. The van der Waals surface area contributed by atoms with Gasteiger partial charge in [-0.25, -0.2) is 4.79 Å². The first-order chi connectivity index (χ1) is 12.9. The van der Waals surface area contributed by atoms with Gasteiger partial charge >= 0.3 is 5.97 Å². The Morgan fingerprint density at radius 1 is 1.22 bits per heavy atom. The lowest BCUT2D eigenvalue weighted by Gasteiger charge is -2.36. The molecule has 6 nitrogen and oxygen atoms in total. The number of rotatable bonds is 4. The number of fused-ring (bicyclic) bond motifs is 1. The SMILES string of the molecule is COC(=O)C1Cc2ccccc2CN1C(=O)CN(C)C(=O)c1ccc(Br)s1. The van der Waals surface area contributed by atoms with E-state index in [0.29, 0.717) is 17.8 Å². The third kappa shape index (κ3) is 4.22. The van der Waals surface area contributed by atoms with Crippen molar-refractivity contribution in [3.8, 4) is 0 Å². The summed E-state index contributed by atoms with van der Waals surface area (Å²) in [6, 6.07) is 10.5. The maximum Gasteiger partial charge on any atom is 0.328 e. The predicted molar refractivity (Wildman–Crippen MR) is 105 cm³/mol. The predicted octanol–water partition coefficient (Wildman–Crippen LogP) is 2.71. The molecule has 0 N–H and O–H groups in total. The summed E-state index contributed by atoms with van der Waals surface area (Å²) in [4.78, 5) is 41.1. The summed E-state index contributed by atoms with van der Waals surface area (Å²) in [5.74, 6) is -0.966. The highest BCUT2D eigenvalue weighted by molar-refractivity contribution is 9.11. The smallest absolute Gasteiger partial charge is 0.328 e. The Labute approximate surface area is 169 Å². The standard InChI is InChI=1S/C19H19BrN2O4S/c1-21(18(24)15-7-8-16(20)27-15)11-17(23)22-10-13-6-4-3-5-12(13)9-14(22)19(25)26-2/h3-8,14H,9-11H2,1-2H3. The van der Waals surface area contributed by atoms with Crippen LogP contribution in [-0.4, -0.2) is 54.3 Å². The summed E-state index contributed by atoms with van der Waals surface area (Å²) in [6.45, 7) is 0.214. The fraction of sp³-hybridized carbons (Fsp3) is 0.316. The summed E-state index contributed by atoms with van der Waals surface area (Å²) in [5, 5.41) is 0. The number of amides is 2. The Morgan fingerprint density at radius 3 is 2.56 bits per heavy atom. The summed E-state index contributed by atoms with van der Waals surface area (Å²) in [7, 11) is 2.90. The molecule has 3 rings (SSSR count). The van der Waals surface area contributed by atoms with Crippen molar-refractivity contribution in [3.63, 3.8) is 0 Å². The highest BCUT2D eigenvalue weighted by Crippen LogP contribution is 2.25. The largest absolute Gasteiger partial charge is 0.467 e. The van der Waals surface area contributed by atoms with Gasteiger partial charge in [0.25, 0.3) is 5.91 Å². The van der Waals surface area contributed by atoms with Gasteiger partial charge in [-0.2, -0.15) is 0 Å². The fourth-order valence-electron chi connectivity index (χ4n) is 3.11. The molecule has 1 unspecified atom stereocenters. The summed E-state index contributed by atoms with van der Waals surface area (Å²) in [6.07, 6.45) is 0.407. The van der Waals surface area contributed by atoms with E-state index in [1.165, 1.54) is 28.2 Å². The molecule has 0 saturated carbocycles. The summed E-state index contributed by atoms with van der Waals surface area (Å²) in [5.41, 5.74) is 2.03. The normalized spacial score (nSPS) is 15.8. The van der Waals surface area contributed by atoms with Gasteiger partial charge < -0.3 is 14.5 Å². The van der Waals surface area contributed by atoms with Gasteiger partial charge in [0, 0.05) is 20.0 Å². The number of likely N-dealkylation sites (N-methyl/N-ethyl adjacent to an activating group) is 1. The lowest BCUT2D eigenvalue weighted by molar-refractivity contribution is -0.154. The Hall–Kier alpha value is -2.19. The van der Waals surface area contributed by atoms with Crippen molar-refractivity contribution in [2.24, 2.45) is 0 Å². The molecule has 0 bridgehead atoms. The zero-order valence-electron chi connectivity index (χ0n) is 15.0. The molecule has 0 aliphatic carbocycles. The van der Waals surface area contributed by atoms with E-state index >= 15 is 0 Å². The quantitative estimate of drug-likeness (QED) is 0.671. The Balaban J connectivity index is 1.77. The first kappa shape index (κ1) is 19.6. The van der Waals surface area contributed by atoms with E-state index in [1.807, 2.05) is 24.3 Å². The van der Waals surface area contributed by atoms with Crippen LogP contribution in [-0.2, 0) is 27.3 Å². The van der Waals surface area contributed by atoms with E-state index in [2.05, 4.69) is 15.9 Å². The second-order valence-electron chi connectivity index (χ2n) is 6.30. The highest BCUT2D eigenvalue weighted by atomic mass is 79.9. The van der Waals surface area contributed by atoms with Crippen molar-refractivity contribution in [2.75, 3.05) is 20.7 Å². The third-order valence-electron chi connectivity index (χ3n) is 4.55. The maximum atomic E-state index is 12.9. The molecule has 2 amide bonds. The molecule has 2 heterocycles. The van der Waals surface area contributed by atoms with Crippen LogP contribution in [0.1, 0.15) is 20.8 Å². The van der Waals surface area contributed by atoms with E-state index < -0.39 is 12.0 Å². The van der Waals surface area contributed by atoms with Crippen LogP contribution in [0.25, 0.3) is 0 Å². The van der Waals surface area contributed by atoms with Crippen molar-refractivity contribution in [3.05, 3.63) is 56.2 Å². The zero-order valence-corrected chi connectivity index (χ0v) is 17.4. The molecule has 0 saturated heterocycles. The van der Waals surface area contributed by atoms with Crippen LogP contribution < -0.4 is 0 Å². The number of nitrogens with zero attached hydrogens (tertiary/aromatic N) is 2. The molecule has 8 heteroatoms. The molecular weight excluding hydrogens is 432 g/mol. The Morgan fingerprint density at radius 2 is 1.93 bits per heavy atom. The number of carbonyl (C=O) groups is 3. The summed E-state index contributed by atoms with van der Waals surface area (Å²) >= 11 is 4.64. The molecular formula is C19H19BrN2O4S. The number of benzene rings is 1. The van der Waals surface area contributed by atoms with E-state index in [1.54, 1.807) is 19.2 Å². The third-order valence-corrected chi connectivity index (χ3v) is 6.16. The number of ether oxygens (including phenoxy) is 1. The van der Waals surface area contributed by atoms with Crippen molar-refractivity contribution < 1.29 is 19.1 Å². The Kier molecular flexibility index (Phi) is 5.96. The van der Waals surface area contributed by atoms with Crippen molar-refractivity contribution in [1.29, 1.82) is 0 Å². The van der Waals surface area contributed by atoms with Crippen molar-refractivity contribution in [1.82, 2.24) is 9.80 Å². The lowest BCUT2D eigenvalue weighted by Crippen LogP contribution is -2.52. The molecule has 1 aromatic heterocycles. The van der Waals surface area contributed by atoms with Gasteiger partial charge in [-0.15, -0.1) is 11.3 Å². The zero-order chi connectivity index (χ0) is 19.6. The monoisotopic (exact) mass is 450 g/mol. The van der Waals surface area contributed by atoms with E-state index in [9.17, 15) is 14.4 Å². The van der Waals surface area contributed by atoms with Gasteiger partial charge in [0.15, 0.2) is 0 Å². The second-order valence-corrected chi connectivity index (χ2v) is 8.76. The first-order valence-electron chi connectivity index (χ1n) is 8.35. The highest BCUT2D eigenvalue weighted by Gasteiger charge is 2.35. The molecule has 0 spiro atoms. The molecule has 142 valence electrons. The van der Waals surface area contributed by atoms with E-state index in [-0.39, 0.29) is 18.4 Å². The van der Waals surface area contributed by atoms with Crippen LogP contribution in [0.5, 0.6) is 0 Å². The molecule has 0 radical (unpaired) electrons. The number of methoxy groups -OCH3 is 1. The number of hydrogen-bond donors (Lipinski definition) is 0. The van der Waals surface area contributed by atoms with Crippen LogP contribution in [0.2, 0.25) is 0 Å². The number of esters is 1. The molecule has 1 aromatic carbocycles. The minimum Gasteiger partial charge on any atom is -0.467 e. The van der Waals surface area contributed by atoms with Gasteiger partial charge in [0.05, 0.1) is 22.3 Å². The molecule has 0 fully saturated rings. The minimum atomic E-state index is -0.684. The van der Waals surface area contributed by atoms with Crippen LogP contribution in [0.15, 0.2) is 40.2 Å². The van der Waals surface area contributed by atoms with Gasteiger partial charge in [0.2, 0.25) is 5.91 Å². The Bertz CT molecular complexity index is 882. The molecule has 27 heavy (non-hydrogen) atoms. The van der Waals surface area contributed by atoms with Gasteiger partial charge in [-0.05, 0) is 39.2 Å². The fourth-order valence-corrected chi connectivity index (χ4v) is 4.50. The van der Waals surface area contributed by atoms with E-state index in [0.717, 1.165) is 14.9 Å². The van der Waals surface area contributed by atoms with Gasteiger partial charge in [0.1, 0.15) is 6.04 Å². The van der Waals surface area contributed by atoms with Crippen LogP contribution in [0, 0.1) is 0 Å². The molecule has 1 aliphatic heterocycles. The lowest BCUT2D eigenvalue weighted by atomic mass is 9.94.